The maximum absolute atomic E-state index is 12.9. The van der Waals surface area contributed by atoms with E-state index in [1.54, 1.807) is 0 Å². The van der Waals surface area contributed by atoms with E-state index in [4.69, 9.17) is 11.6 Å². The van der Waals surface area contributed by atoms with Gasteiger partial charge in [0.15, 0.2) is 5.16 Å². The summed E-state index contributed by atoms with van der Waals surface area (Å²) in [7, 11) is -0.962. The number of thioether (sulfide) groups is 1. The van der Waals surface area contributed by atoms with E-state index < -0.39 is 27.5 Å². The van der Waals surface area contributed by atoms with Crippen molar-refractivity contribution in [2.75, 3.05) is 25.2 Å². The Kier molecular flexibility index (Phi) is 8.00. The Bertz CT molecular complexity index is 1500. The Morgan fingerprint density at radius 2 is 1.97 bits per heavy atom. The lowest BCUT2D eigenvalue weighted by Crippen LogP contribution is -2.24. The molecule has 0 aliphatic carbocycles. The summed E-state index contributed by atoms with van der Waals surface area (Å²) in [6.07, 6.45) is 1.50. The van der Waals surface area contributed by atoms with Crippen molar-refractivity contribution >= 4 is 61.9 Å². The molecule has 0 radical (unpaired) electrons. The fraction of sp³-hybridized carbons (Fsp3) is 0.182. The van der Waals surface area contributed by atoms with Gasteiger partial charge in [-0.2, -0.15) is 0 Å². The number of aromatic nitrogens is 2. The second-order valence-electron chi connectivity index (χ2n) is 7.40. The van der Waals surface area contributed by atoms with Crippen molar-refractivity contribution < 1.29 is 23.1 Å². The number of carbonyl (C=O) groups is 2. The van der Waals surface area contributed by atoms with Crippen molar-refractivity contribution in [1.82, 2.24) is 13.9 Å². The average molecular weight is 537 g/mol. The number of carboxylic acid groups (broad SMARTS) is 1. The third-order valence-corrected chi connectivity index (χ3v) is 7.92. The molecule has 0 saturated carbocycles. The molecule has 10 nitrogen and oxygen atoms in total. The molecular weight excluding hydrogens is 516 g/mol. The highest BCUT2D eigenvalue weighted by molar-refractivity contribution is 7.99. The molecule has 1 heterocycles. The second-order valence-corrected chi connectivity index (χ2v) is 10.9. The largest absolute Gasteiger partial charge is 0.478 e. The third kappa shape index (κ3) is 5.73. The fourth-order valence-electron chi connectivity index (χ4n) is 3.02. The van der Waals surface area contributed by atoms with Crippen LogP contribution >= 0.6 is 23.4 Å². The molecule has 0 fully saturated rings. The smallest absolute Gasteiger partial charge is 0.335 e. The minimum absolute atomic E-state index is 0.0261. The van der Waals surface area contributed by atoms with E-state index in [0.717, 1.165) is 16.1 Å². The monoisotopic (exact) mass is 536 g/mol. The summed E-state index contributed by atoms with van der Waals surface area (Å²) in [5, 5.41) is 12.4. The summed E-state index contributed by atoms with van der Waals surface area (Å²) in [6.45, 7) is 3.76. The molecule has 0 unspecified atom stereocenters. The van der Waals surface area contributed by atoms with Gasteiger partial charge in [-0.15, -0.1) is 6.58 Å². The fourth-order valence-corrected chi connectivity index (χ4v) is 4.92. The van der Waals surface area contributed by atoms with E-state index in [1.165, 1.54) is 61.1 Å². The van der Waals surface area contributed by atoms with Crippen LogP contribution in [-0.4, -0.2) is 59.1 Å². The van der Waals surface area contributed by atoms with E-state index in [-0.39, 0.29) is 49.5 Å². The molecule has 13 heteroatoms. The van der Waals surface area contributed by atoms with Crippen molar-refractivity contribution in [3.05, 3.63) is 70.0 Å². The summed E-state index contributed by atoms with van der Waals surface area (Å²) in [6, 6.07) is 7.97. The molecule has 2 aromatic carbocycles. The first-order valence-electron chi connectivity index (χ1n) is 9.99. The molecule has 2 N–H and O–H groups in total. The number of benzene rings is 2. The van der Waals surface area contributed by atoms with Crippen molar-refractivity contribution in [1.29, 1.82) is 0 Å². The van der Waals surface area contributed by atoms with Crippen LogP contribution in [0.2, 0.25) is 5.02 Å². The highest BCUT2D eigenvalue weighted by Crippen LogP contribution is 2.27. The van der Waals surface area contributed by atoms with E-state index in [1.807, 2.05) is 0 Å². The van der Waals surface area contributed by atoms with Gasteiger partial charge in [-0.3, -0.25) is 14.2 Å². The number of hydrogen-bond donors (Lipinski definition) is 2. The minimum atomic E-state index is -3.74. The number of nitrogens with one attached hydrogen (secondary N) is 1. The first-order chi connectivity index (χ1) is 16.4. The van der Waals surface area contributed by atoms with Gasteiger partial charge in [-0.25, -0.2) is 22.5 Å². The SMILES string of the molecule is C=CCn1c(SCC(=O)Nc2cc(S(=O)(=O)N(C)C)ccc2Cl)nc2cc(C(=O)O)ccc2c1=O. The first kappa shape index (κ1) is 26.4. The molecule has 3 aromatic rings. The van der Waals surface area contributed by atoms with Crippen LogP contribution in [0.1, 0.15) is 10.4 Å². The lowest BCUT2D eigenvalue weighted by atomic mass is 10.1. The Labute approximate surface area is 210 Å². The zero-order valence-corrected chi connectivity index (χ0v) is 21.1. The normalized spacial score (nSPS) is 11.5. The van der Waals surface area contributed by atoms with Crippen LogP contribution in [0.4, 0.5) is 5.69 Å². The number of nitrogens with zero attached hydrogens (tertiary/aromatic N) is 3. The molecule has 35 heavy (non-hydrogen) atoms. The number of carboxylic acids is 1. The number of amides is 1. The highest BCUT2D eigenvalue weighted by Gasteiger charge is 2.20. The van der Waals surface area contributed by atoms with Gasteiger partial charge in [0, 0.05) is 20.6 Å². The molecule has 0 atom stereocenters. The van der Waals surface area contributed by atoms with Crippen LogP contribution in [0.25, 0.3) is 10.9 Å². The van der Waals surface area contributed by atoms with Crippen molar-refractivity contribution in [2.45, 2.75) is 16.6 Å². The second kappa shape index (κ2) is 10.6. The van der Waals surface area contributed by atoms with Gasteiger partial charge in [0.05, 0.1) is 37.8 Å². The molecule has 1 amide bonds. The van der Waals surface area contributed by atoms with Gasteiger partial charge >= 0.3 is 5.97 Å². The lowest BCUT2D eigenvalue weighted by molar-refractivity contribution is -0.113. The van der Waals surface area contributed by atoms with Crippen LogP contribution in [0, 0.1) is 0 Å². The average Bonchev–Trinajstić information content (AvgIpc) is 2.80. The number of hydrogen-bond acceptors (Lipinski definition) is 7. The van der Waals surface area contributed by atoms with Gasteiger partial charge in [0.25, 0.3) is 5.56 Å². The number of aromatic carboxylic acids is 1. The van der Waals surface area contributed by atoms with E-state index in [2.05, 4.69) is 16.9 Å². The minimum Gasteiger partial charge on any atom is -0.478 e. The molecule has 0 aliphatic rings. The van der Waals surface area contributed by atoms with Crippen LogP contribution in [0.5, 0.6) is 0 Å². The Hall–Kier alpha value is -3.19. The van der Waals surface area contributed by atoms with Crippen LogP contribution in [0.3, 0.4) is 0 Å². The zero-order valence-electron chi connectivity index (χ0n) is 18.7. The summed E-state index contributed by atoms with van der Waals surface area (Å²) in [4.78, 5) is 41.2. The first-order valence-corrected chi connectivity index (χ1v) is 12.8. The Morgan fingerprint density at radius 3 is 2.60 bits per heavy atom. The highest BCUT2D eigenvalue weighted by atomic mass is 35.5. The molecule has 184 valence electrons. The predicted octanol–water partition coefficient (Wildman–Crippen LogP) is 2.92. The van der Waals surface area contributed by atoms with Crippen LogP contribution in [-0.2, 0) is 21.4 Å². The van der Waals surface area contributed by atoms with Crippen molar-refractivity contribution in [3.63, 3.8) is 0 Å². The summed E-state index contributed by atoms with van der Waals surface area (Å²) < 4.78 is 27.1. The number of sulfonamides is 1. The molecule has 0 saturated heterocycles. The predicted molar refractivity (Wildman–Crippen MR) is 135 cm³/mol. The Balaban J connectivity index is 1.88. The lowest BCUT2D eigenvalue weighted by Gasteiger charge is -2.14. The van der Waals surface area contributed by atoms with E-state index in [0.29, 0.717) is 0 Å². The molecule has 3 rings (SSSR count). The zero-order chi connectivity index (χ0) is 25.9. The maximum Gasteiger partial charge on any atom is 0.335 e. The van der Waals surface area contributed by atoms with Gasteiger partial charge in [-0.05, 0) is 36.4 Å². The third-order valence-electron chi connectivity index (χ3n) is 4.80. The number of allylic oxidation sites excluding steroid dienone is 1. The molecule has 0 bridgehead atoms. The number of halogens is 1. The van der Waals surface area contributed by atoms with E-state index >= 15 is 0 Å². The number of anilines is 1. The number of fused-ring (bicyclic) bond motifs is 1. The quantitative estimate of drug-likeness (QED) is 0.242. The van der Waals surface area contributed by atoms with Gasteiger partial charge in [-0.1, -0.05) is 29.4 Å². The standard InChI is InChI=1S/C22H21ClN4O6S2/c1-4-9-27-20(29)15-7-5-13(21(30)31)10-17(15)25-22(27)34-12-19(28)24-18-11-14(6-8-16(18)23)35(32,33)26(2)3/h4-8,10-11H,1,9,12H2,2-3H3,(H,24,28)(H,30,31). The Morgan fingerprint density at radius 1 is 1.26 bits per heavy atom. The molecule has 0 aliphatic heterocycles. The topological polar surface area (TPSA) is 139 Å². The van der Waals surface area contributed by atoms with Gasteiger partial charge in [0.2, 0.25) is 15.9 Å². The van der Waals surface area contributed by atoms with Crippen molar-refractivity contribution in [3.8, 4) is 0 Å². The van der Waals surface area contributed by atoms with E-state index in [9.17, 15) is 27.9 Å². The summed E-state index contributed by atoms with van der Waals surface area (Å²) in [5.74, 6) is -1.86. The van der Waals surface area contributed by atoms with Crippen LogP contribution < -0.4 is 10.9 Å². The molecular formula is C22H21ClN4O6S2. The number of rotatable bonds is 9. The van der Waals surface area contributed by atoms with Crippen molar-refractivity contribution in [2.24, 2.45) is 0 Å². The molecule has 0 spiro atoms. The van der Waals surface area contributed by atoms with Gasteiger partial charge < -0.3 is 10.4 Å². The van der Waals surface area contributed by atoms with Gasteiger partial charge in [0.1, 0.15) is 0 Å². The molecule has 1 aromatic heterocycles. The summed E-state index contributed by atoms with van der Waals surface area (Å²) >= 11 is 7.09. The maximum atomic E-state index is 12.9. The number of carbonyl (C=O) groups excluding carboxylic acids is 1. The summed E-state index contributed by atoms with van der Waals surface area (Å²) in [5.41, 5.74) is -0.134. The van der Waals surface area contributed by atoms with Crippen LogP contribution in [0.15, 0.2) is 63.9 Å².